The molecule has 1 aliphatic heterocycles. The normalized spacial score (nSPS) is 19.1. The maximum atomic E-state index is 14.1. The molecule has 1 N–H and O–H groups in total. The van der Waals surface area contributed by atoms with Crippen LogP contribution in [0.4, 0.5) is 5.69 Å². The van der Waals surface area contributed by atoms with Crippen molar-refractivity contribution < 1.29 is 33.9 Å². The molecule has 0 spiro atoms. The van der Waals surface area contributed by atoms with Crippen molar-refractivity contribution in [2.75, 3.05) is 13.2 Å². The molecule has 5 rings (SSSR count). The zero-order valence-electron chi connectivity index (χ0n) is 26.8. The first-order valence-electron chi connectivity index (χ1n) is 15.4. The molecule has 10 nitrogen and oxygen atoms in total. The van der Waals surface area contributed by atoms with Crippen LogP contribution in [0.15, 0.2) is 58.9 Å². The molecule has 11 heteroatoms. The van der Waals surface area contributed by atoms with Gasteiger partial charge in [0.2, 0.25) is 0 Å². The van der Waals surface area contributed by atoms with Crippen LogP contribution in [0.5, 0.6) is 11.5 Å². The van der Waals surface area contributed by atoms with Crippen molar-refractivity contribution in [2.45, 2.75) is 79.2 Å². The molecule has 244 valence electrons. The Kier molecular flexibility index (Phi) is 9.36. The topological polar surface area (TPSA) is 136 Å². The highest BCUT2D eigenvalue weighted by Gasteiger charge is 2.49. The summed E-state index contributed by atoms with van der Waals surface area (Å²) in [6.45, 7) is 10.7. The third-order valence-electron chi connectivity index (χ3n) is 8.77. The van der Waals surface area contributed by atoms with Crippen LogP contribution in [0.3, 0.4) is 0 Å². The van der Waals surface area contributed by atoms with Gasteiger partial charge in [-0.05, 0) is 88.6 Å². The quantitative estimate of drug-likeness (QED) is 0.151. The number of nitro groups is 1. The second kappa shape index (κ2) is 12.8. The van der Waals surface area contributed by atoms with Crippen LogP contribution in [-0.4, -0.2) is 45.6 Å². The maximum absolute atomic E-state index is 14.1. The number of rotatable bonds is 10. The van der Waals surface area contributed by atoms with Crippen molar-refractivity contribution >= 4 is 45.8 Å². The minimum Gasteiger partial charge on any atom is -0.490 e. The first-order valence-corrected chi connectivity index (χ1v) is 16.5. The van der Waals surface area contributed by atoms with Crippen molar-refractivity contribution in [3.05, 3.63) is 83.7 Å². The minimum absolute atomic E-state index is 0.00432. The SMILES string of the molecule is CCOc1cc(C2C3=C(CC(C)(C)CC3=O)N(CCC(=O)O)C3=C2C(=O)CC(C)(C)C3)cc(I)c1OCc1ccc([N+](=O)[O-])cc1. The molecule has 2 aliphatic carbocycles. The molecular weight excluding hydrogens is 703 g/mol. The monoisotopic (exact) mass is 742 g/mol. The Morgan fingerprint density at radius 1 is 0.978 bits per heavy atom. The summed E-state index contributed by atoms with van der Waals surface area (Å²) in [6.07, 6.45) is 1.70. The van der Waals surface area contributed by atoms with Gasteiger partial charge in [0, 0.05) is 60.0 Å². The van der Waals surface area contributed by atoms with Gasteiger partial charge in [-0.15, -0.1) is 0 Å². The zero-order chi connectivity index (χ0) is 33.6. The van der Waals surface area contributed by atoms with E-state index in [-0.39, 0.29) is 47.7 Å². The Morgan fingerprint density at radius 2 is 1.54 bits per heavy atom. The molecule has 46 heavy (non-hydrogen) atoms. The predicted molar refractivity (Wildman–Crippen MR) is 180 cm³/mol. The van der Waals surface area contributed by atoms with Gasteiger partial charge in [-0.3, -0.25) is 24.5 Å². The lowest BCUT2D eigenvalue weighted by molar-refractivity contribution is -0.384. The standard InChI is InChI=1S/C35H39IN2O8/c1-6-45-28-14-21(13-23(36)33(28)46-19-20-7-9-22(10-8-20)38(43)44)30-31-24(15-34(2,3)17-26(31)39)37(12-11-29(41)42)25-16-35(4,5)18-27(40)32(25)30/h7-10,13-14,30H,6,11-12,15-19H2,1-5H3,(H,41,42). The van der Waals surface area contributed by atoms with Gasteiger partial charge >= 0.3 is 5.97 Å². The van der Waals surface area contributed by atoms with Crippen LogP contribution < -0.4 is 9.47 Å². The van der Waals surface area contributed by atoms with E-state index in [9.17, 15) is 29.6 Å². The number of halogens is 1. The molecular formula is C35H39IN2O8. The average Bonchev–Trinajstić information content (AvgIpc) is 2.94. The number of hydrogen-bond acceptors (Lipinski definition) is 8. The molecule has 0 amide bonds. The van der Waals surface area contributed by atoms with E-state index in [0.717, 1.165) is 26.1 Å². The molecule has 0 aromatic heterocycles. The molecule has 0 bridgehead atoms. The number of nitrogens with zero attached hydrogens (tertiary/aromatic N) is 2. The molecule has 0 saturated heterocycles. The smallest absolute Gasteiger partial charge is 0.305 e. The number of Topliss-reactive ketones (excluding diaryl/α,β-unsaturated/α-hetero) is 2. The van der Waals surface area contributed by atoms with Crippen molar-refractivity contribution in [3.63, 3.8) is 0 Å². The Labute approximate surface area is 282 Å². The third kappa shape index (κ3) is 6.84. The molecule has 0 fully saturated rings. The molecule has 3 aliphatic rings. The van der Waals surface area contributed by atoms with Crippen molar-refractivity contribution in [1.82, 2.24) is 4.90 Å². The second-order valence-electron chi connectivity index (χ2n) is 13.8. The number of aliphatic carboxylic acids is 1. The van der Waals surface area contributed by atoms with Gasteiger partial charge in [0.15, 0.2) is 23.1 Å². The number of carboxylic acid groups (broad SMARTS) is 1. The van der Waals surface area contributed by atoms with Crippen LogP contribution in [0.1, 0.15) is 83.8 Å². The summed E-state index contributed by atoms with van der Waals surface area (Å²) in [4.78, 5) is 52.5. The van der Waals surface area contributed by atoms with Gasteiger partial charge in [-0.2, -0.15) is 0 Å². The number of ether oxygens (including phenoxy) is 2. The van der Waals surface area contributed by atoms with E-state index in [4.69, 9.17) is 9.47 Å². The summed E-state index contributed by atoms with van der Waals surface area (Å²) in [7, 11) is 0. The number of allylic oxidation sites excluding steroid dienone is 4. The van der Waals surface area contributed by atoms with E-state index in [1.165, 1.54) is 12.1 Å². The van der Waals surface area contributed by atoms with E-state index in [2.05, 4.69) is 22.6 Å². The Hall–Kier alpha value is -3.74. The lowest BCUT2D eigenvalue weighted by Gasteiger charge is -2.49. The lowest BCUT2D eigenvalue weighted by atomic mass is 9.63. The van der Waals surface area contributed by atoms with Gasteiger partial charge in [0.1, 0.15) is 6.61 Å². The summed E-state index contributed by atoms with van der Waals surface area (Å²) >= 11 is 2.17. The molecule has 0 saturated carbocycles. The van der Waals surface area contributed by atoms with Crippen LogP contribution >= 0.6 is 22.6 Å². The van der Waals surface area contributed by atoms with Gasteiger partial charge in [0.05, 0.1) is 21.5 Å². The number of benzene rings is 2. The number of carboxylic acids is 1. The fourth-order valence-electron chi connectivity index (χ4n) is 6.89. The highest BCUT2D eigenvalue weighted by atomic mass is 127. The van der Waals surface area contributed by atoms with Crippen LogP contribution in [0.25, 0.3) is 0 Å². The van der Waals surface area contributed by atoms with Gasteiger partial charge in [-0.1, -0.05) is 27.7 Å². The minimum atomic E-state index is -0.936. The summed E-state index contributed by atoms with van der Waals surface area (Å²) in [5.41, 5.74) is 3.58. The van der Waals surface area contributed by atoms with E-state index < -0.39 is 16.8 Å². The van der Waals surface area contributed by atoms with Gasteiger partial charge < -0.3 is 19.5 Å². The largest absolute Gasteiger partial charge is 0.490 e. The summed E-state index contributed by atoms with van der Waals surface area (Å²) in [6, 6.07) is 9.93. The fraction of sp³-hybridized carbons (Fsp3) is 0.457. The number of hydrogen-bond donors (Lipinski definition) is 1. The van der Waals surface area contributed by atoms with Gasteiger partial charge in [0.25, 0.3) is 5.69 Å². The number of ketones is 2. The van der Waals surface area contributed by atoms with E-state index in [0.29, 0.717) is 54.9 Å². The maximum Gasteiger partial charge on any atom is 0.305 e. The van der Waals surface area contributed by atoms with E-state index in [1.54, 1.807) is 12.1 Å². The molecule has 2 aromatic rings. The Morgan fingerprint density at radius 3 is 2.04 bits per heavy atom. The zero-order valence-corrected chi connectivity index (χ0v) is 28.9. The summed E-state index contributed by atoms with van der Waals surface area (Å²) in [5.74, 6) is -0.654. The number of non-ortho nitro benzene ring substituents is 1. The van der Waals surface area contributed by atoms with Crippen molar-refractivity contribution in [2.24, 2.45) is 10.8 Å². The summed E-state index contributed by atoms with van der Waals surface area (Å²) < 4.78 is 13.0. The fourth-order valence-corrected chi connectivity index (χ4v) is 7.67. The highest BCUT2D eigenvalue weighted by Crippen LogP contribution is 2.55. The Balaban J connectivity index is 1.63. The first kappa shape index (κ1) is 33.6. The molecule has 2 aromatic carbocycles. The van der Waals surface area contributed by atoms with Crippen LogP contribution in [-0.2, 0) is 21.0 Å². The summed E-state index contributed by atoms with van der Waals surface area (Å²) in [5, 5.41) is 20.7. The lowest BCUT2D eigenvalue weighted by Crippen LogP contribution is -2.45. The second-order valence-corrected chi connectivity index (χ2v) is 15.0. The predicted octanol–water partition coefficient (Wildman–Crippen LogP) is 7.34. The van der Waals surface area contributed by atoms with E-state index in [1.807, 2.05) is 51.7 Å². The molecule has 0 unspecified atom stereocenters. The van der Waals surface area contributed by atoms with Gasteiger partial charge in [-0.25, -0.2) is 0 Å². The van der Waals surface area contributed by atoms with Crippen molar-refractivity contribution in [3.8, 4) is 11.5 Å². The number of nitro benzene ring substituents is 1. The molecule has 1 heterocycles. The molecule has 0 atom stereocenters. The van der Waals surface area contributed by atoms with Crippen molar-refractivity contribution in [1.29, 1.82) is 0 Å². The number of carbonyl (C=O) groups excluding carboxylic acids is 2. The third-order valence-corrected chi connectivity index (χ3v) is 9.57. The highest BCUT2D eigenvalue weighted by molar-refractivity contribution is 14.1. The average molecular weight is 743 g/mol. The van der Waals surface area contributed by atoms with Crippen LogP contribution in [0.2, 0.25) is 0 Å². The first-order chi connectivity index (χ1) is 21.6. The Bertz CT molecular complexity index is 1620. The number of carbonyl (C=O) groups is 3. The van der Waals surface area contributed by atoms with Crippen LogP contribution in [0, 0.1) is 24.5 Å². The molecule has 0 radical (unpaired) electrons. The van der Waals surface area contributed by atoms with E-state index >= 15 is 0 Å².